The quantitative estimate of drug-likeness (QED) is 0.397. The molecule has 1 fully saturated rings. The van der Waals surface area contributed by atoms with Crippen molar-refractivity contribution < 1.29 is 13.9 Å². The number of ether oxygens (including phenoxy) is 1. The molecular formula is C26H33ClFN3O2. The van der Waals surface area contributed by atoms with Gasteiger partial charge in [-0.05, 0) is 56.8 Å². The number of hydrogen-bond acceptors (Lipinski definition) is 4. The Morgan fingerprint density at radius 1 is 1.18 bits per heavy atom. The fourth-order valence-electron chi connectivity index (χ4n) is 3.23. The van der Waals surface area contributed by atoms with E-state index < -0.39 is 0 Å². The van der Waals surface area contributed by atoms with E-state index in [0.717, 1.165) is 25.1 Å². The molecule has 2 aromatic carbocycles. The number of piperazine rings is 1. The van der Waals surface area contributed by atoms with Gasteiger partial charge in [-0.1, -0.05) is 36.4 Å². The summed E-state index contributed by atoms with van der Waals surface area (Å²) in [6.07, 6.45) is 0.878. The molecule has 1 aliphatic rings. The van der Waals surface area contributed by atoms with Gasteiger partial charge in [-0.3, -0.25) is 14.7 Å². The van der Waals surface area contributed by atoms with Crippen LogP contribution in [-0.2, 0) is 16.1 Å². The number of aliphatic imine (C=N–C) groups is 1. The van der Waals surface area contributed by atoms with E-state index in [1.165, 1.54) is 0 Å². The number of carbonyl (C=O) groups is 1. The summed E-state index contributed by atoms with van der Waals surface area (Å²) in [7, 11) is 1.71. The topological polar surface area (TPSA) is 45.1 Å². The number of rotatable bonds is 6. The van der Waals surface area contributed by atoms with E-state index in [2.05, 4.69) is 23.2 Å². The molecule has 0 atom stereocenters. The highest BCUT2D eigenvalue weighted by Gasteiger charge is 2.16. The highest BCUT2D eigenvalue weighted by atomic mass is 35.5. The third-order valence-electron chi connectivity index (χ3n) is 5.38. The second kappa shape index (κ2) is 12.1. The summed E-state index contributed by atoms with van der Waals surface area (Å²) in [6, 6.07) is 10.6. The number of carbonyl (C=O) groups excluding carboxylic acids is 1. The summed E-state index contributed by atoms with van der Waals surface area (Å²) in [6.45, 7) is 17.0. The van der Waals surface area contributed by atoms with E-state index in [4.69, 9.17) is 16.3 Å². The van der Waals surface area contributed by atoms with Crippen LogP contribution in [0.15, 0.2) is 48.0 Å². The molecule has 0 spiro atoms. The third kappa shape index (κ3) is 8.07. The van der Waals surface area contributed by atoms with Crippen LogP contribution >= 0.6 is 11.6 Å². The first-order valence-corrected chi connectivity index (χ1v) is 11.2. The van der Waals surface area contributed by atoms with E-state index in [0.29, 0.717) is 47.0 Å². The van der Waals surface area contributed by atoms with E-state index in [-0.39, 0.29) is 11.4 Å². The van der Waals surface area contributed by atoms with Crippen molar-refractivity contribution in [3.63, 3.8) is 0 Å². The van der Waals surface area contributed by atoms with Crippen molar-refractivity contribution in [2.24, 2.45) is 4.99 Å². The predicted molar refractivity (Wildman–Crippen MR) is 136 cm³/mol. The van der Waals surface area contributed by atoms with Gasteiger partial charge in [-0.15, -0.1) is 0 Å². The number of nitrogens with zero attached hydrogens (tertiary/aromatic N) is 3. The Balaban J connectivity index is 0.000000569. The fourth-order valence-corrected chi connectivity index (χ4v) is 3.39. The van der Waals surface area contributed by atoms with Crippen molar-refractivity contribution in [3.05, 3.63) is 59.9 Å². The molecule has 3 rings (SSSR count). The molecule has 178 valence electrons. The van der Waals surface area contributed by atoms with Crippen LogP contribution in [0.1, 0.15) is 31.9 Å². The zero-order valence-electron chi connectivity index (χ0n) is 19.9. The molecule has 2 aromatic rings. The zero-order valence-corrected chi connectivity index (χ0v) is 20.7. The summed E-state index contributed by atoms with van der Waals surface area (Å²) in [4.78, 5) is 18.7. The standard InChI is InChI=1S/C21H21ClFN3O.C5H12O/c1-15(22)19-12-17(4-6-21(19)24-2)18-5-3-16(11-20(18)23)13-25-7-9-26(14-27)10-8-25;1-5(2,3)6-4/h3-6,11-12,14H,1-2,7-10,13H2;1-4H3. The van der Waals surface area contributed by atoms with E-state index >= 15 is 0 Å². The van der Waals surface area contributed by atoms with Gasteiger partial charge in [0.2, 0.25) is 6.41 Å². The molecule has 7 heteroatoms. The molecule has 0 unspecified atom stereocenters. The molecular weight excluding hydrogens is 441 g/mol. The number of methoxy groups -OCH3 is 1. The smallest absolute Gasteiger partial charge is 0.209 e. The Hall–Kier alpha value is -2.54. The maximum atomic E-state index is 14.8. The van der Waals surface area contributed by atoms with Crippen LogP contribution < -0.4 is 0 Å². The van der Waals surface area contributed by atoms with Crippen molar-refractivity contribution in [2.45, 2.75) is 32.9 Å². The number of benzene rings is 2. The first-order valence-electron chi connectivity index (χ1n) is 10.8. The van der Waals surface area contributed by atoms with Gasteiger partial charge in [-0.25, -0.2) is 4.39 Å². The highest BCUT2D eigenvalue weighted by molar-refractivity contribution is 6.48. The molecule has 0 aromatic heterocycles. The van der Waals surface area contributed by atoms with Gasteiger partial charge >= 0.3 is 0 Å². The van der Waals surface area contributed by atoms with Crippen molar-refractivity contribution in [1.29, 1.82) is 0 Å². The van der Waals surface area contributed by atoms with Crippen molar-refractivity contribution in [1.82, 2.24) is 9.80 Å². The van der Waals surface area contributed by atoms with Crippen LogP contribution in [0.25, 0.3) is 16.2 Å². The van der Waals surface area contributed by atoms with Crippen LogP contribution in [0.5, 0.6) is 0 Å². The molecule has 0 radical (unpaired) electrons. The minimum atomic E-state index is -0.288. The lowest BCUT2D eigenvalue weighted by atomic mass is 9.99. The average Bonchev–Trinajstić information content (AvgIpc) is 2.79. The monoisotopic (exact) mass is 473 g/mol. The van der Waals surface area contributed by atoms with Crippen LogP contribution in [0, 0.1) is 5.82 Å². The molecule has 33 heavy (non-hydrogen) atoms. The largest absolute Gasteiger partial charge is 0.379 e. The summed E-state index contributed by atoms with van der Waals surface area (Å²) < 4.78 is 19.7. The minimum absolute atomic E-state index is 0.0417. The van der Waals surface area contributed by atoms with Gasteiger partial charge in [-0.2, -0.15) is 0 Å². The molecule has 1 heterocycles. The first-order chi connectivity index (χ1) is 15.6. The Morgan fingerprint density at radius 2 is 1.82 bits per heavy atom. The SMILES string of the molecule is C=Nc1ccc(-c2ccc(CN3CCN(C=O)CC3)cc2F)cc1C(=C)Cl.COC(C)(C)C. The molecule has 1 amide bonds. The Labute approximate surface area is 201 Å². The van der Waals surface area contributed by atoms with Crippen molar-refractivity contribution in [3.8, 4) is 11.1 Å². The molecule has 1 saturated heterocycles. The number of hydrogen-bond donors (Lipinski definition) is 0. The van der Waals surface area contributed by atoms with Gasteiger partial charge in [0.1, 0.15) is 5.82 Å². The summed E-state index contributed by atoms with van der Waals surface area (Å²) in [5.41, 5.74) is 3.41. The molecule has 0 aliphatic carbocycles. The highest BCUT2D eigenvalue weighted by Crippen LogP contribution is 2.33. The molecule has 5 nitrogen and oxygen atoms in total. The van der Waals surface area contributed by atoms with E-state index in [1.807, 2.05) is 26.8 Å². The van der Waals surface area contributed by atoms with Gasteiger partial charge < -0.3 is 9.64 Å². The Morgan fingerprint density at radius 3 is 2.30 bits per heavy atom. The van der Waals surface area contributed by atoms with E-state index in [9.17, 15) is 9.18 Å². The third-order valence-corrected chi connectivity index (χ3v) is 5.58. The molecule has 0 bridgehead atoms. The average molecular weight is 474 g/mol. The van der Waals surface area contributed by atoms with Crippen LogP contribution in [-0.4, -0.2) is 61.8 Å². The van der Waals surface area contributed by atoms with Gasteiger partial charge in [0.25, 0.3) is 0 Å². The Bertz CT molecular complexity index is 980. The second-order valence-electron chi connectivity index (χ2n) is 8.84. The van der Waals surface area contributed by atoms with Gasteiger partial charge in [0.15, 0.2) is 0 Å². The maximum absolute atomic E-state index is 14.8. The Kier molecular flexibility index (Phi) is 9.77. The second-order valence-corrected chi connectivity index (χ2v) is 9.30. The maximum Gasteiger partial charge on any atom is 0.209 e. The fraction of sp³-hybridized carbons (Fsp3) is 0.385. The zero-order chi connectivity index (χ0) is 24.6. The van der Waals surface area contributed by atoms with Gasteiger partial charge in [0.05, 0.1) is 11.3 Å². The lowest BCUT2D eigenvalue weighted by molar-refractivity contribution is -0.119. The molecule has 1 aliphatic heterocycles. The van der Waals surface area contributed by atoms with Crippen LogP contribution in [0.3, 0.4) is 0 Å². The molecule has 0 saturated carbocycles. The predicted octanol–water partition coefficient (Wildman–Crippen LogP) is 5.74. The summed E-state index contributed by atoms with van der Waals surface area (Å²) in [5, 5.41) is 0.339. The van der Waals surface area contributed by atoms with Gasteiger partial charge in [0, 0.05) is 56.0 Å². The van der Waals surface area contributed by atoms with Crippen molar-refractivity contribution >= 4 is 35.4 Å². The first kappa shape index (κ1) is 26.7. The number of halogens is 2. The summed E-state index contributed by atoms with van der Waals surface area (Å²) >= 11 is 6.03. The summed E-state index contributed by atoms with van der Waals surface area (Å²) in [5.74, 6) is -0.288. The number of amides is 1. The lowest BCUT2D eigenvalue weighted by Gasteiger charge is -2.32. The normalized spacial score (nSPS) is 14.3. The van der Waals surface area contributed by atoms with E-state index in [1.54, 1.807) is 42.3 Å². The van der Waals surface area contributed by atoms with Crippen LogP contribution in [0.4, 0.5) is 10.1 Å². The lowest BCUT2D eigenvalue weighted by Crippen LogP contribution is -2.45. The van der Waals surface area contributed by atoms with Crippen LogP contribution in [0.2, 0.25) is 0 Å². The molecule has 0 N–H and O–H groups in total. The minimum Gasteiger partial charge on any atom is -0.379 e. The van der Waals surface area contributed by atoms with Crippen molar-refractivity contribution in [2.75, 3.05) is 33.3 Å².